The maximum Gasteiger partial charge on any atom is 0.530 e. The zero-order valence-electron chi connectivity index (χ0n) is 18.7. The standard InChI is InChI=1S/C23H27O8P/c1-6-27-18-11-20(24)22-21(12-18)28-13-19(23(22)25)16-7-9-17(10-8-16)31-32(26,29-14(2)3)30-15(4)5/h7-15,24H,6H2,1-5H3. The van der Waals surface area contributed by atoms with Gasteiger partial charge in [0.15, 0.2) is 0 Å². The van der Waals surface area contributed by atoms with Crippen molar-refractivity contribution in [3.63, 3.8) is 0 Å². The van der Waals surface area contributed by atoms with Crippen molar-refractivity contribution in [1.82, 2.24) is 0 Å². The fourth-order valence-electron chi connectivity index (χ4n) is 3.07. The van der Waals surface area contributed by atoms with Gasteiger partial charge >= 0.3 is 7.82 Å². The molecule has 3 aromatic rings. The summed E-state index contributed by atoms with van der Waals surface area (Å²) in [6, 6.07) is 9.28. The van der Waals surface area contributed by atoms with Gasteiger partial charge in [0.2, 0.25) is 5.43 Å². The van der Waals surface area contributed by atoms with E-state index in [1.54, 1.807) is 58.0 Å². The molecule has 0 radical (unpaired) electrons. The van der Waals surface area contributed by atoms with Gasteiger partial charge in [-0.2, -0.15) is 0 Å². The van der Waals surface area contributed by atoms with Gasteiger partial charge in [0.25, 0.3) is 0 Å². The molecule has 0 fully saturated rings. The summed E-state index contributed by atoms with van der Waals surface area (Å²) in [6.45, 7) is 9.15. The number of hydrogen-bond acceptors (Lipinski definition) is 8. The van der Waals surface area contributed by atoms with Gasteiger partial charge in [-0.1, -0.05) is 12.1 Å². The van der Waals surface area contributed by atoms with E-state index in [4.69, 9.17) is 22.7 Å². The van der Waals surface area contributed by atoms with Crippen molar-refractivity contribution in [3.8, 4) is 28.4 Å². The molecule has 0 unspecified atom stereocenters. The molecule has 2 aromatic carbocycles. The first-order valence-corrected chi connectivity index (χ1v) is 11.8. The Kier molecular flexibility index (Phi) is 7.29. The summed E-state index contributed by atoms with van der Waals surface area (Å²) in [5, 5.41) is 10.4. The Morgan fingerprint density at radius 2 is 1.62 bits per heavy atom. The van der Waals surface area contributed by atoms with Crippen LogP contribution in [0.4, 0.5) is 0 Å². The minimum atomic E-state index is -3.82. The molecule has 9 heteroatoms. The highest BCUT2D eigenvalue weighted by atomic mass is 31.2. The molecule has 1 N–H and O–H groups in total. The van der Waals surface area contributed by atoms with Gasteiger partial charge in [-0.15, -0.1) is 0 Å². The Morgan fingerprint density at radius 1 is 1.00 bits per heavy atom. The summed E-state index contributed by atoms with van der Waals surface area (Å²) >= 11 is 0. The van der Waals surface area contributed by atoms with Crippen LogP contribution in [0.3, 0.4) is 0 Å². The zero-order valence-corrected chi connectivity index (χ0v) is 19.5. The quantitative estimate of drug-likeness (QED) is 0.392. The Hall–Kier alpha value is -2.80. The van der Waals surface area contributed by atoms with E-state index in [9.17, 15) is 14.5 Å². The van der Waals surface area contributed by atoms with Gasteiger partial charge in [-0.3, -0.25) is 13.8 Å². The summed E-state index contributed by atoms with van der Waals surface area (Å²) in [4.78, 5) is 13.0. The van der Waals surface area contributed by atoms with Crippen molar-refractivity contribution in [2.45, 2.75) is 46.8 Å². The van der Waals surface area contributed by atoms with Crippen LogP contribution in [0, 0.1) is 0 Å². The molecule has 0 aliphatic carbocycles. The van der Waals surface area contributed by atoms with Crippen LogP contribution in [-0.4, -0.2) is 23.9 Å². The lowest BCUT2D eigenvalue weighted by Crippen LogP contribution is -2.11. The first-order chi connectivity index (χ1) is 15.1. The Morgan fingerprint density at radius 3 is 2.19 bits per heavy atom. The number of rotatable bonds is 9. The summed E-state index contributed by atoms with van der Waals surface area (Å²) in [6.07, 6.45) is 0.596. The van der Waals surface area contributed by atoms with Crippen molar-refractivity contribution in [2.24, 2.45) is 0 Å². The zero-order chi connectivity index (χ0) is 23.5. The molecule has 0 amide bonds. The number of fused-ring (bicyclic) bond motifs is 1. The number of ether oxygens (including phenoxy) is 1. The van der Waals surface area contributed by atoms with Crippen LogP contribution in [0.25, 0.3) is 22.1 Å². The van der Waals surface area contributed by atoms with E-state index in [1.807, 2.05) is 6.92 Å². The number of hydrogen-bond donors (Lipinski definition) is 1. The summed E-state index contributed by atoms with van der Waals surface area (Å²) < 4.78 is 40.2. The Bertz CT molecular complexity index is 1170. The Labute approximate surface area is 186 Å². The van der Waals surface area contributed by atoms with Crippen LogP contribution >= 0.6 is 7.82 Å². The lowest BCUT2D eigenvalue weighted by molar-refractivity contribution is 0.103. The Balaban J connectivity index is 1.92. The SMILES string of the molecule is CCOc1cc(O)c2c(=O)c(-c3ccc(OP(=O)(OC(C)C)OC(C)C)cc3)coc2c1. The maximum absolute atomic E-state index is 13.0. The van der Waals surface area contributed by atoms with Gasteiger partial charge in [0, 0.05) is 12.1 Å². The maximum atomic E-state index is 13.0. The number of phosphoric acid groups is 1. The predicted molar refractivity (Wildman–Crippen MR) is 121 cm³/mol. The average Bonchev–Trinajstić information content (AvgIpc) is 2.67. The van der Waals surface area contributed by atoms with E-state index in [0.29, 0.717) is 17.9 Å². The minimum Gasteiger partial charge on any atom is -0.507 e. The molecule has 0 aliphatic rings. The molecule has 0 saturated heterocycles. The number of phenolic OH excluding ortho intramolecular Hbond substituents is 1. The van der Waals surface area contributed by atoms with Crippen LogP contribution in [0.5, 0.6) is 17.2 Å². The third-order valence-electron chi connectivity index (χ3n) is 4.20. The van der Waals surface area contributed by atoms with Crippen molar-refractivity contribution >= 4 is 18.8 Å². The topological polar surface area (TPSA) is 104 Å². The average molecular weight is 462 g/mol. The normalized spacial score (nSPS) is 12.0. The minimum absolute atomic E-state index is 0.0615. The molecule has 172 valence electrons. The molecule has 0 spiro atoms. The van der Waals surface area contributed by atoms with Gasteiger partial charge in [-0.25, -0.2) is 4.57 Å². The van der Waals surface area contributed by atoms with Crippen LogP contribution in [0.1, 0.15) is 34.6 Å². The van der Waals surface area contributed by atoms with Crippen molar-refractivity contribution in [3.05, 3.63) is 52.9 Å². The van der Waals surface area contributed by atoms with E-state index in [1.165, 1.54) is 12.3 Å². The van der Waals surface area contributed by atoms with Gasteiger partial charge in [-0.05, 0) is 52.3 Å². The molecule has 0 saturated carbocycles. The van der Waals surface area contributed by atoms with Crippen LogP contribution in [0.15, 0.2) is 51.9 Å². The van der Waals surface area contributed by atoms with Gasteiger partial charge in [0.05, 0.1) is 24.4 Å². The number of aromatic hydroxyl groups is 1. The van der Waals surface area contributed by atoms with Gasteiger partial charge in [0.1, 0.15) is 34.5 Å². The molecule has 1 aromatic heterocycles. The highest BCUT2D eigenvalue weighted by Gasteiger charge is 2.31. The van der Waals surface area contributed by atoms with Crippen molar-refractivity contribution in [2.75, 3.05) is 6.61 Å². The fourth-order valence-corrected chi connectivity index (χ4v) is 4.61. The molecule has 1 heterocycles. The van der Waals surface area contributed by atoms with E-state index in [2.05, 4.69) is 0 Å². The predicted octanol–water partition coefficient (Wildman–Crippen LogP) is 5.90. The van der Waals surface area contributed by atoms with Gasteiger partial charge < -0.3 is 18.8 Å². The van der Waals surface area contributed by atoms with Crippen LogP contribution in [0.2, 0.25) is 0 Å². The molecule has 0 aliphatic heterocycles. The summed E-state index contributed by atoms with van der Waals surface area (Å²) in [5.41, 5.74) is 0.617. The second-order valence-electron chi connectivity index (χ2n) is 7.60. The van der Waals surface area contributed by atoms with E-state index in [0.717, 1.165) is 0 Å². The lowest BCUT2D eigenvalue weighted by atomic mass is 10.0. The third kappa shape index (κ3) is 5.51. The van der Waals surface area contributed by atoms with Crippen LogP contribution in [-0.2, 0) is 13.6 Å². The second kappa shape index (κ2) is 9.77. The highest BCUT2D eigenvalue weighted by molar-refractivity contribution is 7.49. The van der Waals surface area contributed by atoms with E-state index in [-0.39, 0.29) is 40.2 Å². The molecule has 8 nitrogen and oxygen atoms in total. The van der Waals surface area contributed by atoms with Crippen molar-refractivity contribution in [1.29, 1.82) is 0 Å². The first kappa shape index (κ1) is 23.9. The second-order valence-corrected chi connectivity index (χ2v) is 9.10. The van der Waals surface area contributed by atoms with Crippen molar-refractivity contribution < 1.29 is 32.4 Å². The number of phenols is 1. The smallest absolute Gasteiger partial charge is 0.507 e. The first-order valence-electron chi connectivity index (χ1n) is 10.3. The molecule has 3 rings (SSSR count). The molecule has 0 atom stereocenters. The number of phosphoric ester groups is 1. The molecule has 32 heavy (non-hydrogen) atoms. The van der Waals surface area contributed by atoms with Crippen LogP contribution < -0.4 is 14.7 Å². The monoisotopic (exact) mass is 462 g/mol. The molecule has 0 bridgehead atoms. The summed E-state index contributed by atoms with van der Waals surface area (Å²) in [7, 11) is -3.82. The van der Waals surface area contributed by atoms with E-state index >= 15 is 0 Å². The van der Waals surface area contributed by atoms with E-state index < -0.39 is 13.3 Å². The molecular weight excluding hydrogens is 435 g/mol. The molecular formula is C23H27O8P. The highest BCUT2D eigenvalue weighted by Crippen LogP contribution is 2.51. The number of benzene rings is 2. The summed E-state index contributed by atoms with van der Waals surface area (Å²) in [5.74, 6) is 0.443. The third-order valence-corrected chi connectivity index (χ3v) is 6.00. The fraction of sp³-hybridized carbons (Fsp3) is 0.348. The lowest BCUT2D eigenvalue weighted by Gasteiger charge is -2.22. The largest absolute Gasteiger partial charge is 0.530 e.